The first-order valence-electron chi connectivity index (χ1n) is 8.51. The van der Waals surface area contributed by atoms with Crippen LogP contribution in [0.2, 0.25) is 0 Å². The second-order valence-electron chi connectivity index (χ2n) is 6.81. The minimum absolute atomic E-state index is 0.179. The van der Waals surface area contributed by atoms with Crippen LogP contribution in [-0.4, -0.2) is 33.2 Å². The predicted molar refractivity (Wildman–Crippen MR) is 91.3 cm³/mol. The Bertz CT molecular complexity index is 627. The summed E-state index contributed by atoms with van der Waals surface area (Å²) in [6.07, 6.45) is 7.10. The number of rotatable bonds is 7. The molecule has 122 valence electrons. The lowest BCUT2D eigenvalue weighted by Gasteiger charge is -2.23. The lowest BCUT2D eigenvalue weighted by Crippen LogP contribution is -2.34. The maximum absolute atomic E-state index is 12.8. The van der Waals surface area contributed by atoms with Crippen molar-refractivity contribution in [1.82, 2.24) is 14.7 Å². The summed E-state index contributed by atoms with van der Waals surface area (Å²) in [5.74, 6) is 0.805. The van der Waals surface area contributed by atoms with Crippen molar-refractivity contribution in [3.8, 4) is 0 Å². The predicted octanol–water partition coefficient (Wildman–Crippen LogP) is 3.58. The van der Waals surface area contributed by atoms with Crippen molar-refractivity contribution in [2.75, 3.05) is 6.54 Å². The molecular weight excluding hydrogens is 286 g/mol. The summed E-state index contributed by atoms with van der Waals surface area (Å²) in [5.41, 5.74) is 1.95. The summed E-state index contributed by atoms with van der Waals surface area (Å²) in [4.78, 5) is 14.8. The molecule has 1 saturated carbocycles. The zero-order valence-electron chi connectivity index (χ0n) is 14.0. The highest BCUT2D eigenvalue weighted by Gasteiger charge is 2.32. The van der Waals surface area contributed by atoms with E-state index in [2.05, 4.69) is 23.8 Å². The van der Waals surface area contributed by atoms with Gasteiger partial charge in [0.05, 0.1) is 6.54 Å². The van der Waals surface area contributed by atoms with Gasteiger partial charge in [0.2, 0.25) is 0 Å². The van der Waals surface area contributed by atoms with Crippen LogP contribution in [0.15, 0.2) is 42.7 Å². The van der Waals surface area contributed by atoms with Crippen LogP contribution in [0.1, 0.15) is 49.0 Å². The Labute approximate surface area is 138 Å². The first-order chi connectivity index (χ1) is 11.1. The summed E-state index contributed by atoms with van der Waals surface area (Å²) in [5, 5.41) is 4.21. The number of carbonyl (C=O) groups excluding carboxylic acids is 1. The smallest absolute Gasteiger partial charge is 0.254 e. The van der Waals surface area contributed by atoms with Gasteiger partial charge >= 0.3 is 0 Å². The van der Waals surface area contributed by atoms with Gasteiger partial charge in [0.25, 0.3) is 5.91 Å². The van der Waals surface area contributed by atoms with Crippen molar-refractivity contribution in [3.05, 3.63) is 53.9 Å². The molecular formula is C19H25N3O. The molecule has 23 heavy (non-hydrogen) atoms. The highest BCUT2D eigenvalue weighted by molar-refractivity contribution is 5.94. The van der Waals surface area contributed by atoms with Crippen LogP contribution < -0.4 is 0 Å². The Hall–Kier alpha value is -2.10. The number of amides is 1. The molecule has 0 radical (unpaired) electrons. The van der Waals surface area contributed by atoms with Crippen LogP contribution in [0, 0.1) is 5.92 Å². The van der Waals surface area contributed by atoms with E-state index >= 15 is 0 Å². The van der Waals surface area contributed by atoms with E-state index in [0.29, 0.717) is 12.0 Å². The fourth-order valence-corrected chi connectivity index (χ4v) is 2.73. The molecule has 1 aromatic carbocycles. The Morgan fingerprint density at radius 2 is 2.04 bits per heavy atom. The number of carbonyl (C=O) groups is 1. The van der Waals surface area contributed by atoms with E-state index in [0.717, 1.165) is 43.5 Å². The molecule has 0 saturated heterocycles. The van der Waals surface area contributed by atoms with E-state index in [1.807, 2.05) is 41.2 Å². The quantitative estimate of drug-likeness (QED) is 0.784. The molecule has 0 spiro atoms. The summed E-state index contributed by atoms with van der Waals surface area (Å²) < 4.78 is 1.88. The summed E-state index contributed by atoms with van der Waals surface area (Å²) in [7, 11) is 0. The Morgan fingerprint density at radius 3 is 2.61 bits per heavy atom. The highest BCUT2D eigenvalue weighted by Crippen LogP contribution is 2.29. The average Bonchev–Trinajstić information content (AvgIpc) is 3.24. The van der Waals surface area contributed by atoms with Gasteiger partial charge in [0.1, 0.15) is 0 Å². The highest BCUT2D eigenvalue weighted by atomic mass is 16.2. The molecule has 1 aromatic heterocycles. The fraction of sp³-hybridized carbons (Fsp3) is 0.474. The average molecular weight is 311 g/mol. The van der Waals surface area contributed by atoms with Gasteiger partial charge in [-0.2, -0.15) is 5.10 Å². The van der Waals surface area contributed by atoms with Crippen LogP contribution >= 0.6 is 0 Å². The fourth-order valence-electron chi connectivity index (χ4n) is 2.73. The number of benzene rings is 1. The lowest BCUT2D eigenvalue weighted by atomic mass is 10.1. The van der Waals surface area contributed by atoms with E-state index < -0.39 is 0 Å². The SMILES string of the molecule is CC(C)CCN(C(=O)c1ccc(Cn2cccn2)cc1)C1CC1. The molecule has 2 aromatic rings. The van der Waals surface area contributed by atoms with Crippen LogP contribution in [0.25, 0.3) is 0 Å². The Kier molecular flexibility index (Phi) is 4.79. The molecule has 1 fully saturated rings. The minimum atomic E-state index is 0.179. The zero-order chi connectivity index (χ0) is 16.2. The van der Waals surface area contributed by atoms with Gasteiger partial charge in [-0.15, -0.1) is 0 Å². The third-order valence-corrected chi connectivity index (χ3v) is 4.30. The van der Waals surface area contributed by atoms with Crippen LogP contribution in [-0.2, 0) is 6.54 Å². The van der Waals surface area contributed by atoms with Gasteiger partial charge < -0.3 is 4.90 Å². The maximum Gasteiger partial charge on any atom is 0.254 e. The van der Waals surface area contributed by atoms with E-state index in [1.54, 1.807) is 6.20 Å². The second-order valence-corrected chi connectivity index (χ2v) is 6.81. The molecule has 1 amide bonds. The van der Waals surface area contributed by atoms with Crippen molar-refractivity contribution < 1.29 is 4.79 Å². The van der Waals surface area contributed by atoms with E-state index in [1.165, 1.54) is 0 Å². The summed E-state index contributed by atoms with van der Waals surface area (Å²) in [6.45, 7) is 6.02. The molecule has 1 aliphatic carbocycles. The minimum Gasteiger partial charge on any atom is -0.336 e. The number of hydrogen-bond acceptors (Lipinski definition) is 2. The lowest BCUT2D eigenvalue weighted by molar-refractivity contribution is 0.0735. The van der Waals surface area contributed by atoms with Crippen molar-refractivity contribution >= 4 is 5.91 Å². The first kappa shape index (κ1) is 15.8. The number of aromatic nitrogens is 2. The van der Waals surface area contributed by atoms with Crippen molar-refractivity contribution in [2.24, 2.45) is 5.92 Å². The molecule has 4 nitrogen and oxygen atoms in total. The van der Waals surface area contributed by atoms with Crippen molar-refractivity contribution in [1.29, 1.82) is 0 Å². The maximum atomic E-state index is 12.8. The Morgan fingerprint density at radius 1 is 1.30 bits per heavy atom. The summed E-state index contributed by atoms with van der Waals surface area (Å²) in [6, 6.07) is 10.3. The molecule has 0 N–H and O–H groups in total. The summed E-state index contributed by atoms with van der Waals surface area (Å²) >= 11 is 0. The molecule has 0 aliphatic heterocycles. The third-order valence-electron chi connectivity index (χ3n) is 4.30. The number of hydrogen-bond donors (Lipinski definition) is 0. The molecule has 1 heterocycles. The number of nitrogens with zero attached hydrogens (tertiary/aromatic N) is 3. The third kappa shape index (κ3) is 4.21. The molecule has 0 unspecified atom stereocenters. The molecule has 4 heteroatoms. The van der Waals surface area contributed by atoms with Crippen molar-refractivity contribution in [3.63, 3.8) is 0 Å². The molecule has 0 bridgehead atoms. The standard InChI is InChI=1S/C19H25N3O/c1-15(2)10-13-22(18-8-9-18)19(23)17-6-4-16(5-7-17)14-21-12-3-11-20-21/h3-7,11-12,15,18H,8-10,13-14H2,1-2H3. The van der Waals surface area contributed by atoms with Gasteiger partial charge in [-0.05, 0) is 48.9 Å². The van der Waals surface area contributed by atoms with Crippen LogP contribution in [0.3, 0.4) is 0 Å². The Balaban J connectivity index is 1.66. The van der Waals surface area contributed by atoms with Crippen LogP contribution in [0.4, 0.5) is 0 Å². The second kappa shape index (κ2) is 6.99. The molecule has 3 rings (SSSR count). The molecule has 0 atom stereocenters. The van der Waals surface area contributed by atoms with E-state index in [4.69, 9.17) is 0 Å². The normalized spacial score (nSPS) is 14.2. The van der Waals surface area contributed by atoms with E-state index in [-0.39, 0.29) is 5.91 Å². The van der Waals surface area contributed by atoms with Gasteiger partial charge in [-0.1, -0.05) is 26.0 Å². The van der Waals surface area contributed by atoms with Gasteiger partial charge in [-0.3, -0.25) is 9.48 Å². The first-order valence-corrected chi connectivity index (χ1v) is 8.51. The topological polar surface area (TPSA) is 38.1 Å². The van der Waals surface area contributed by atoms with Crippen LogP contribution in [0.5, 0.6) is 0 Å². The monoisotopic (exact) mass is 311 g/mol. The van der Waals surface area contributed by atoms with Gasteiger partial charge in [-0.25, -0.2) is 0 Å². The van der Waals surface area contributed by atoms with Crippen molar-refractivity contribution in [2.45, 2.75) is 45.7 Å². The van der Waals surface area contributed by atoms with Gasteiger partial charge in [0, 0.05) is 30.5 Å². The largest absolute Gasteiger partial charge is 0.336 e. The van der Waals surface area contributed by atoms with E-state index in [9.17, 15) is 4.79 Å². The zero-order valence-corrected chi connectivity index (χ0v) is 14.0. The molecule has 1 aliphatic rings. The van der Waals surface area contributed by atoms with Gasteiger partial charge in [0.15, 0.2) is 0 Å².